The second-order valence-corrected chi connectivity index (χ2v) is 6.08. The number of anilines is 1. The molecule has 0 saturated heterocycles. The monoisotopic (exact) mass is 424 g/mol. The third-order valence-corrected chi connectivity index (χ3v) is 4.10. The van der Waals surface area contributed by atoms with E-state index in [4.69, 9.17) is 4.74 Å². The van der Waals surface area contributed by atoms with Gasteiger partial charge in [-0.3, -0.25) is 9.59 Å². The Balaban J connectivity index is 1.97. The van der Waals surface area contributed by atoms with Gasteiger partial charge in [0.05, 0.1) is 24.9 Å². The molecule has 0 aliphatic heterocycles. The first kappa shape index (κ1) is 17.3. The molecular formula is C17H17IN2O3. The van der Waals surface area contributed by atoms with E-state index in [9.17, 15) is 9.59 Å². The SMILES string of the molecule is COc1ccc(C)cc1NC(=O)CNC(=O)c1ccccc1I. The highest BCUT2D eigenvalue weighted by molar-refractivity contribution is 14.1. The lowest BCUT2D eigenvalue weighted by Crippen LogP contribution is -2.33. The summed E-state index contributed by atoms with van der Waals surface area (Å²) in [5.41, 5.74) is 2.14. The lowest BCUT2D eigenvalue weighted by Gasteiger charge is -2.11. The Kier molecular flexibility index (Phi) is 5.97. The lowest BCUT2D eigenvalue weighted by atomic mass is 10.2. The summed E-state index contributed by atoms with van der Waals surface area (Å²) in [4.78, 5) is 24.1. The Morgan fingerprint density at radius 3 is 2.61 bits per heavy atom. The van der Waals surface area contributed by atoms with Gasteiger partial charge < -0.3 is 15.4 Å². The highest BCUT2D eigenvalue weighted by atomic mass is 127. The molecule has 6 heteroatoms. The van der Waals surface area contributed by atoms with E-state index in [2.05, 4.69) is 33.2 Å². The van der Waals surface area contributed by atoms with Crippen molar-refractivity contribution in [2.24, 2.45) is 0 Å². The molecule has 0 bridgehead atoms. The van der Waals surface area contributed by atoms with Gasteiger partial charge in [-0.15, -0.1) is 0 Å². The molecular weight excluding hydrogens is 407 g/mol. The molecule has 2 N–H and O–H groups in total. The van der Waals surface area contributed by atoms with Gasteiger partial charge in [-0.05, 0) is 59.3 Å². The Bertz CT molecular complexity index is 732. The molecule has 2 aromatic carbocycles. The number of rotatable bonds is 5. The van der Waals surface area contributed by atoms with Crippen LogP contribution in [0, 0.1) is 10.5 Å². The van der Waals surface area contributed by atoms with Crippen LogP contribution in [0.25, 0.3) is 0 Å². The number of aryl methyl sites for hydroxylation is 1. The van der Waals surface area contributed by atoms with Gasteiger partial charge in [0.15, 0.2) is 0 Å². The van der Waals surface area contributed by atoms with Gasteiger partial charge in [-0.1, -0.05) is 18.2 Å². The molecule has 0 saturated carbocycles. The Labute approximate surface area is 148 Å². The maximum absolute atomic E-state index is 12.1. The molecule has 5 nitrogen and oxygen atoms in total. The summed E-state index contributed by atoms with van der Waals surface area (Å²) in [5.74, 6) is -0.0116. The summed E-state index contributed by atoms with van der Waals surface area (Å²) in [6.45, 7) is 1.81. The molecule has 0 atom stereocenters. The maximum Gasteiger partial charge on any atom is 0.252 e. The van der Waals surface area contributed by atoms with Crippen LogP contribution >= 0.6 is 22.6 Å². The summed E-state index contributed by atoms with van der Waals surface area (Å²) in [6.07, 6.45) is 0. The molecule has 23 heavy (non-hydrogen) atoms. The Morgan fingerprint density at radius 1 is 1.17 bits per heavy atom. The number of methoxy groups -OCH3 is 1. The zero-order chi connectivity index (χ0) is 16.8. The number of carbonyl (C=O) groups excluding carboxylic acids is 2. The van der Waals surface area contributed by atoms with Crippen LogP contribution < -0.4 is 15.4 Å². The van der Waals surface area contributed by atoms with Crippen molar-refractivity contribution >= 4 is 40.1 Å². The van der Waals surface area contributed by atoms with Crippen LogP contribution in [-0.4, -0.2) is 25.5 Å². The summed E-state index contributed by atoms with van der Waals surface area (Å²) < 4.78 is 6.05. The largest absolute Gasteiger partial charge is 0.495 e. The minimum Gasteiger partial charge on any atom is -0.495 e. The number of carbonyl (C=O) groups is 2. The number of hydrogen-bond donors (Lipinski definition) is 2. The van der Waals surface area contributed by atoms with Crippen LogP contribution in [0.5, 0.6) is 5.75 Å². The minimum atomic E-state index is -0.312. The number of nitrogens with one attached hydrogen (secondary N) is 2. The van der Waals surface area contributed by atoms with Gasteiger partial charge in [0, 0.05) is 3.57 Å². The molecule has 0 spiro atoms. The lowest BCUT2D eigenvalue weighted by molar-refractivity contribution is -0.115. The minimum absolute atomic E-state index is 0.110. The smallest absolute Gasteiger partial charge is 0.252 e. The number of halogens is 1. The molecule has 2 amide bonds. The van der Waals surface area contributed by atoms with Crippen LogP contribution in [0.2, 0.25) is 0 Å². The number of ether oxygens (including phenoxy) is 1. The van der Waals surface area contributed by atoms with Crippen molar-refractivity contribution in [2.45, 2.75) is 6.92 Å². The van der Waals surface area contributed by atoms with E-state index in [0.29, 0.717) is 17.0 Å². The van der Waals surface area contributed by atoms with Crippen molar-refractivity contribution in [3.63, 3.8) is 0 Å². The van der Waals surface area contributed by atoms with Gasteiger partial charge in [-0.25, -0.2) is 0 Å². The first-order valence-electron chi connectivity index (χ1n) is 6.98. The fraction of sp³-hybridized carbons (Fsp3) is 0.176. The second kappa shape index (κ2) is 7.96. The standard InChI is InChI=1S/C17H17IN2O3/c1-11-7-8-15(23-2)14(9-11)20-16(21)10-19-17(22)12-5-3-4-6-13(12)18/h3-9H,10H2,1-2H3,(H,19,22)(H,20,21). The highest BCUT2D eigenvalue weighted by Gasteiger charge is 2.12. The Hall–Kier alpha value is -2.09. The van der Waals surface area contributed by atoms with Crippen LogP contribution in [0.1, 0.15) is 15.9 Å². The quantitative estimate of drug-likeness (QED) is 0.726. The summed E-state index contributed by atoms with van der Waals surface area (Å²) >= 11 is 2.09. The van der Waals surface area contributed by atoms with Gasteiger partial charge >= 0.3 is 0 Å². The molecule has 0 unspecified atom stereocenters. The van der Waals surface area contributed by atoms with Crippen molar-refractivity contribution in [1.82, 2.24) is 5.32 Å². The molecule has 0 fully saturated rings. The molecule has 0 heterocycles. The van der Waals surface area contributed by atoms with E-state index in [1.54, 1.807) is 25.3 Å². The van der Waals surface area contributed by atoms with E-state index in [-0.39, 0.29) is 18.4 Å². The van der Waals surface area contributed by atoms with E-state index >= 15 is 0 Å². The van der Waals surface area contributed by atoms with E-state index < -0.39 is 0 Å². The Morgan fingerprint density at radius 2 is 1.91 bits per heavy atom. The van der Waals surface area contributed by atoms with Gasteiger partial charge in [0.1, 0.15) is 5.75 Å². The number of benzene rings is 2. The fourth-order valence-corrected chi connectivity index (χ4v) is 2.65. The third-order valence-electron chi connectivity index (χ3n) is 3.16. The van der Waals surface area contributed by atoms with E-state index in [1.807, 2.05) is 31.2 Å². The molecule has 0 aromatic heterocycles. The van der Waals surface area contributed by atoms with Crippen LogP contribution in [0.4, 0.5) is 5.69 Å². The molecule has 0 radical (unpaired) electrons. The van der Waals surface area contributed by atoms with E-state index in [1.165, 1.54) is 0 Å². The van der Waals surface area contributed by atoms with Gasteiger partial charge in [-0.2, -0.15) is 0 Å². The fourth-order valence-electron chi connectivity index (χ4n) is 2.02. The van der Waals surface area contributed by atoms with Crippen molar-refractivity contribution < 1.29 is 14.3 Å². The molecule has 120 valence electrons. The first-order chi connectivity index (χ1) is 11.0. The van der Waals surface area contributed by atoms with Crippen LogP contribution in [0.3, 0.4) is 0 Å². The van der Waals surface area contributed by atoms with Crippen molar-refractivity contribution in [3.8, 4) is 5.75 Å². The second-order valence-electron chi connectivity index (χ2n) is 4.91. The normalized spacial score (nSPS) is 10.0. The van der Waals surface area contributed by atoms with Gasteiger partial charge in [0.25, 0.3) is 5.91 Å². The number of amides is 2. The topological polar surface area (TPSA) is 67.4 Å². The third kappa shape index (κ3) is 4.69. The zero-order valence-electron chi connectivity index (χ0n) is 12.9. The van der Waals surface area contributed by atoms with Crippen LogP contribution in [0.15, 0.2) is 42.5 Å². The van der Waals surface area contributed by atoms with Gasteiger partial charge in [0.2, 0.25) is 5.91 Å². The summed E-state index contributed by atoms with van der Waals surface area (Å²) in [7, 11) is 1.54. The zero-order valence-corrected chi connectivity index (χ0v) is 15.0. The predicted octanol–water partition coefficient (Wildman–Crippen LogP) is 2.98. The number of hydrogen-bond acceptors (Lipinski definition) is 3. The maximum atomic E-state index is 12.1. The average molecular weight is 424 g/mol. The summed E-state index contributed by atoms with van der Waals surface area (Å²) in [5, 5.41) is 5.36. The molecule has 0 aliphatic rings. The molecule has 2 rings (SSSR count). The van der Waals surface area contributed by atoms with Crippen molar-refractivity contribution in [1.29, 1.82) is 0 Å². The average Bonchev–Trinajstić information content (AvgIpc) is 2.53. The molecule has 2 aromatic rings. The van der Waals surface area contributed by atoms with E-state index in [0.717, 1.165) is 9.13 Å². The summed E-state index contributed by atoms with van der Waals surface area (Å²) in [6, 6.07) is 12.7. The molecule has 0 aliphatic carbocycles. The highest BCUT2D eigenvalue weighted by Crippen LogP contribution is 2.24. The van der Waals surface area contributed by atoms with Crippen molar-refractivity contribution in [2.75, 3.05) is 19.0 Å². The predicted molar refractivity (Wildman–Crippen MR) is 97.9 cm³/mol. The first-order valence-corrected chi connectivity index (χ1v) is 8.06. The van der Waals surface area contributed by atoms with Crippen LogP contribution in [-0.2, 0) is 4.79 Å². The van der Waals surface area contributed by atoms with Crippen molar-refractivity contribution in [3.05, 3.63) is 57.2 Å².